The summed E-state index contributed by atoms with van der Waals surface area (Å²) in [5.41, 5.74) is 0. The van der Waals surface area contributed by atoms with E-state index in [1.54, 1.807) is 0 Å². The van der Waals surface area contributed by atoms with Gasteiger partial charge in [-0.25, -0.2) is 0 Å². The summed E-state index contributed by atoms with van der Waals surface area (Å²) < 4.78 is 4.98. The number of hydrogen-bond donors (Lipinski definition) is 0. The molecule has 0 saturated carbocycles. The number of ether oxygens (including phenoxy) is 1. The van der Waals surface area contributed by atoms with Crippen LogP contribution in [0, 0.1) is 0 Å². The van der Waals surface area contributed by atoms with E-state index < -0.39 is 0 Å². The first-order valence-corrected chi connectivity index (χ1v) is 2.49. The van der Waals surface area contributed by atoms with E-state index in [4.69, 9.17) is 4.74 Å². The van der Waals surface area contributed by atoms with Gasteiger partial charge < -0.3 is 4.74 Å². The molecule has 0 aromatic carbocycles. The molecule has 1 heteroatoms. The molecule has 0 heterocycles. The van der Waals surface area contributed by atoms with Crippen molar-refractivity contribution in [3.63, 3.8) is 0 Å². The van der Waals surface area contributed by atoms with Crippen LogP contribution in [0.2, 0.25) is 0 Å². The van der Waals surface area contributed by atoms with Gasteiger partial charge in [0.25, 0.3) is 0 Å². The van der Waals surface area contributed by atoms with Crippen molar-refractivity contribution in [1.29, 1.82) is 0 Å². The SMILES string of the molecule is C.C.CCCOCC. The fraction of sp³-hybridized carbons (Fsp3) is 1.00. The smallest absolute Gasteiger partial charge is 0.0463 e. The third-order valence-electron chi connectivity index (χ3n) is 0.553. The molecule has 0 radical (unpaired) electrons. The average molecular weight is 120 g/mol. The van der Waals surface area contributed by atoms with E-state index in [-0.39, 0.29) is 14.9 Å². The molecule has 1 nitrogen and oxygen atoms in total. The lowest BCUT2D eigenvalue weighted by atomic mass is 10.5. The van der Waals surface area contributed by atoms with Crippen molar-refractivity contribution in [2.24, 2.45) is 0 Å². The van der Waals surface area contributed by atoms with E-state index in [0.29, 0.717) is 0 Å². The average Bonchev–Trinajstić information content (AvgIpc) is 1.61. The molecule has 0 saturated heterocycles. The predicted molar refractivity (Wildman–Crippen MR) is 40.2 cm³/mol. The molecular weight excluding hydrogens is 100 g/mol. The monoisotopic (exact) mass is 120 g/mol. The highest BCUT2D eigenvalue weighted by Crippen LogP contribution is 1.75. The quantitative estimate of drug-likeness (QED) is 0.520. The number of rotatable bonds is 3. The van der Waals surface area contributed by atoms with Crippen LogP contribution in [0.1, 0.15) is 35.1 Å². The molecule has 0 unspecified atom stereocenters. The second-order valence-corrected chi connectivity index (χ2v) is 1.20. The predicted octanol–water partition coefficient (Wildman–Crippen LogP) is 2.71. The van der Waals surface area contributed by atoms with Gasteiger partial charge in [-0.3, -0.25) is 0 Å². The first kappa shape index (κ1) is 15.7. The largest absolute Gasteiger partial charge is 0.382 e. The fourth-order valence-electron chi connectivity index (χ4n) is 0.289. The van der Waals surface area contributed by atoms with Crippen LogP contribution < -0.4 is 0 Å². The first-order valence-electron chi connectivity index (χ1n) is 2.49. The van der Waals surface area contributed by atoms with Crippen LogP contribution in [0.25, 0.3) is 0 Å². The summed E-state index contributed by atoms with van der Waals surface area (Å²) in [4.78, 5) is 0. The van der Waals surface area contributed by atoms with Gasteiger partial charge in [0.15, 0.2) is 0 Å². The minimum absolute atomic E-state index is 0. The Bertz CT molecular complexity index is 16.3. The van der Waals surface area contributed by atoms with Crippen molar-refractivity contribution < 1.29 is 4.74 Å². The molecule has 0 aliphatic carbocycles. The maximum Gasteiger partial charge on any atom is 0.0463 e. The zero-order valence-corrected chi connectivity index (χ0v) is 4.53. The summed E-state index contributed by atoms with van der Waals surface area (Å²) in [6.07, 6.45) is 1.13. The van der Waals surface area contributed by atoms with Crippen LogP contribution in [0.4, 0.5) is 0 Å². The third-order valence-corrected chi connectivity index (χ3v) is 0.553. The van der Waals surface area contributed by atoms with Crippen LogP contribution in [0.15, 0.2) is 0 Å². The summed E-state index contributed by atoms with van der Waals surface area (Å²) in [5.74, 6) is 0. The molecular formula is C7H20O. The summed E-state index contributed by atoms with van der Waals surface area (Å²) in [6, 6.07) is 0. The highest BCUT2D eigenvalue weighted by atomic mass is 16.5. The van der Waals surface area contributed by atoms with Crippen molar-refractivity contribution in [2.75, 3.05) is 13.2 Å². The van der Waals surface area contributed by atoms with Gasteiger partial charge in [0.1, 0.15) is 0 Å². The van der Waals surface area contributed by atoms with Crippen LogP contribution in [-0.4, -0.2) is 13.2 Å². The van der Waals surface area contributed by atoms with E-state index in [1.807, 2.05) is 6.92 Å². The van der Waals surface area contributed by atoms with Gasteiger partial charge in [0.05, 0.1) is 0 Å². The molecule has 0 fully saturated rings. The Hall–Kier alpha value is -0.0400. The van der Waals surface area contributed by atoms with Crippen LogP contribution >= 0.6 is 0 Å². The highest BCUT2D eigenvalue weighted by molar-refractivity contribution is 4.19. The van der Waals surface area contributed by atoms with Crippen LogP contribution in [-0.2, 0) is 4.74 Å². The maximum absolute atomic E-state index is 4.98. The van der Waals surface area contributed by atoms with E-state index in [1.165, 1.54) is 0 Å². The first-order chi connectivity index (χ1) is 2.91. The molecule has 0 amide bonds. The Morgan fingerprint density at radius 3 is 1.75 bits per heavy atom. The van der Waals surface area contributed by atoms with Crippen LogP contribution in [0.3, 0.4) is 0 Å². The lowest BCUT2D eigenvalue weighted by Gasteiger charge is -1.91. The Morgan fingerprint density at radius 1 is 1.12 bits per heavy atom. The van der Waals surface area contributed by atoms with Crippen molar-refractivity contribution in [3.05, 3.63) is 0 Å². The molecule has 0 bridgehead atoms. The lowest BCUT2D eigenvalue weighted by molar-refractivity contribution is 0.148. The minimum atomic E-state index is 0. The summed E-state index contributed by atoms with van der Waals surface area (Å²) in [5, 5.41) is 0. The molecule has 0 N–H and O–H groups in total. The topological polar surface area (TPSA) is 9.23 Å². The van der Waals surface area contributed by atoms with Crippen LogP contribution in [0.5, 0.6) is 0 Å². The maximum atomic E-state index is 4.98. The van der Waals surface area contributed by atoms with Crippen molar-refractivity contribution >= 4 is 0 Å². The molecule has 0 rings (SSSR count). The Balaban J connectivity index is -0.000000125. The second-order valence-electron chi connectivity index (χ2n) is 1.20. The van der Waals surface area contributed by atoms with Gasteiger partial charge in [0.2, 0.25) is 0 Å². The van der Waals surface area contributed by atoms with Gasteiger partial charge in [-0.1, -0.05) is 21.8 Å². The molecule has 0 aromatic rings. The Labute approximate surface area is 54.1 Å². The summed E-state index contributed by atoms with van der Waals surface area (Å²) in [7, 11) is 0. The van der Waals surface area contributed by atoms with E-state index >= 15 is 0 Å². The summed E-state index contributed by atoms with van der Waals surface area (Å²) >= 11 is 0. The van der Waals surface area contributed by atoms with E-state index in [9.17, 15) is 0 Å². The van der Waals surface area contributed by atoms with Gasteiger partial charge >= 0.3 is 0 Å². The zero-order valence-electron chi connectivity index (χ0n) is 4.53. The standard InChI is InChI=1S/C5H12O.2CH4/c1-3-5-6-4-2;;/h3-5H2,1-2H3;2*1H4. The van der Waals surface area contributed by atoms with Crippen molar-refractivity contribution in [3.8, 4) is 0 Å². The molecule has 0 spiro atoms. The summed E-state index contributed by atoms with van der Waals surface area (Å²) in [6.45, 7) is 5.88. The molecule has 0 aromatic heterocycles. The molecule has 54 valence electrons. The molecule has 0 atom stereocenters. The molecule has 8 heavy (non-hydrogen) atoms. The van der Waals surface area contributed by atoms with Gasteiger partial charge in [-0.05, 0) is 13.3 Å². The highest BCUT2D eigenvalue weighted by Gasteiger charge is 1.72. The molecule has 0 aliphatic rings. The second kappa shape index (κ2) is 15.8. The van der Waals surface area contributed by atoms with Crippen molar-refractivity contribution in [1.82, 2.24) is 0 Å². The van der Waals surface area contributed by atoms with E-state index in [0.717, 1.165) is 19.6 Å². The van der Waals surface area contributed by atoms with Gasteiger partial charge in [-0.15, -0.1) is 0 Å². The van der Waals surface area contributed by atoms with Gasteiger partial charge in [0, 0.05) is 13.2 Å². The zero-order chi connectivity index (χ0) is 4.83. The normalized spacial score (nSPS) is 6.75. The Kier molecular flexibility index (Phi) is 30.9. The fourth-order valence-corrected chi connectivity index (χ4v) is 0.289. The van der Waals surface area contributed by atoms with Crippen molar-refractivity contribution in [2.45, 2.75) is 35.1 Å². The lowest BCUT2D eigenvalue weighted by Crippen LogP contribution is -1.88. The molecule has 0 aliphatic heterocycles. The minimum Gasteiger partial charge on any atom is -0.382 e. The third kappa shape index (κ3) is 16.7. The number of hydrogen-bond acceptors (Lipinski definition) is 1. The van der Waals surface area contributed by atoms with E-state index in [2.05, 4.69) is 6.92 Å². The van der Waals surface area contributed by atoms with Gasteiger partial charge in [-0.2, -0.15) is 0 Å². The Morgan fingerprint density at radius 2 is 1.62 bits per heavy atom.